The highest BCUT2D eigenvalue weighted by molar-refractivity contribution is 5.74. The van der Waals surface area contributed by atoms with Gasteiger partial charge in [-0.05, 0) is 37.9 Å². The molecule has 0 spiro atoms. The SMILES string of the molecule is CCCC1(c2nc3cc(OC)ccc3o2)CCCNC1. The lowest BCUT2D eigenvalue weighted by atomic mass is 9.77. The monoisotopic (exact) mass is 274 g/mol. The summed E-state index contributed by atoms with van der Waals surface area (Å²) in [6.07, 6.45) is 4.59. The second kappa shape index (κ2) is 5.44. The van der Waals surface area contributed by atoms with E-state index in [2.05, 4.69) is 12.2 Å². The van der Waals surface area contributed by atoms with Crippen molar-refractivity contribution in [2.75, 3.05) is 20.2 Å². The van der Waals surface area contributed by atoms with Gasteiger partial charge in [0, 0.05) is 12.6 Å². The minimum atomic E-state index is 0.0548. The normalized spacial score (nSPS) is 23.1. The predicted molar refractivity (Wildman–Crippen MR) is 79.3 cm³/mol. The van der Waals surface area contributed by atoms with Crippen LogP contribution in [-0.2, 0) is 5.41 Å². The van der Waals surface area contributed by atoms with E-state index in [4.69, 9.17) is 14.1 Å². The zero-order valence-corrected chi connectivity index (χ0v) is 12.2. The maximum absolute atomic E-state index is 6.06. The first kappa shape index (κ1) is 13.4. The van der Waals surface area contributed by atoms with Crippen LogP contribution in [0.2, 0.25) is 0 Å². The third kappa shape index (κ3) is 2.29. The molecule has 1 unspecified atom stereocenters. The Labute approximate surface area is 119 Å². The molecule has 0 bridgehead atoms. The third-order valence-electron chi connectivity index (χ3n) is 4.25. The van der Waals surface area contributed by atoms with Crippen LogP contribution in [0.5, 0.6) is 5.75 Å². The van der Waals surface area contributed by atoms with Crippen molar-refractivity contribution in [1.82, 2.24) is 10.3 Å². The van der Waals surface area contributed by atoms with Gasteiger partial charge in [-0.1, -0.05) is 13.3 Å². The van der Waals surface area contributed by atoms with Crippen LogP contribution < -0.4 is 10.1 Å². The summed E-state index contributed by atoms with van der Waals surface area (Å²) in [6.45, 7) is 4.28. The van der Waals surface area contributed by atoms with Gasteiger partial charge >= 0.3 is 0 Å². The molecule has 0 saturated carbocycles. The average Bonchev–Trinajstić information content (AvgIpc) is 2.92. The van der Waals surface area contributed by atoms with Crippen molar-refractivity contribution in [2.45, 2.75) is 38.0 Å². The Kier molecular flexibility index (Phi) is 3.66. The summed E-state index contributed by atoms with van der Waals surface area (Å²) in [5.74, 6) is 1.71. The lowest BCUT2D eigenvalue weighted by molar-refractivity contribution is 0.239. The van der Waals surface area contributed by atoms with Gasteiger partial charge in [0.2, 0.25) is 5.89 Å². The molecular formula is C16H22N2O2. The van der Waals surface area contributed by atoms with Crippen molar-refractivity contribution in [3.05, 3.63) is 24.1 Å². The fourth-order valence-corrected chi connectivity index (χ4v) is 3.21. The smallest absolute Gasteiger partial charge is 0.202 e. The maximum Gasteiger partial charge on any atom is 0.202 e. The van der Waals surface area contributed by atoms with Crippen LogP contribution in [0, 0.1) is 0 Å². The molecule has 1 aliphatic rings. The number of nitrogens with zero attached hydrogens (tertiary/aromatic N) is 1. The topological polar surface area (TPSA) is 47.3 Å². The largest absolute Gasteiger partial charge is 0.497 e. The van der Waals surface area contributed by atoms with Gasteiger partial charge in [-0.3, -0.25) is 0 Å². The Hall–Kier alpha value is -1.55. The highest BCUT2D eigenvalue weighted by Gasteiger charge is 2.37. The number of ether oxygens (including phenoxy) is 1. The third-order valence-corrected chi connectivity index (χ3v) is 4.25. The van der Waals surface area contributed by atoms with Crippen LogP contribution in [0.4, 0.5) is 0 Å². The molecule has 0 amide bonds. The van der Waals surface area contributed by atoms with Crippen LogP contribution in [0.25, 0.3) is 11.1 Å². The molecule has 108 valence electrons. The van der Waals surface area contributed by atoms with Crippen molar-refractivity contribution < 1.29 is 9.15 Å². The number of piperidine rings is 1. The highest BCUT2D eigenvalue weighted by atomic mass is 16.5. The zero-order chi connectivity index (χ0) is 14.0. The van der Waals surface area contributed by atoms with E-state index in [0.29, 0.717) is 0 Å². The summed E-state index contributed by atoms with van der Waals surface area (Å²) in [7, 11) is 1.67. The molecule has 1 aliphatic heterocycles. The molecule has 4 heteroatoms. The molecule has 0 aliphatic carbocycles. The van der Waals surface area contributed by atoms with Gasteiger partial charge in [0.1, 0.15) is 11.3 Å². The Bertz CT molecular complexity index is 580. The van der Waals surface area contributed by atoms with Crippen LogP contribution in [0.1, 0.15) is 38.5 Å². The van der Waals surface area contributed by atoms with E-state index in [0.717, 1.165) is 55.1 Å². The number of hydrogen-bond donors (Lipinski definition) is 1. The molecule has 4 nitrogen and oxygen atoms in total. The summed E-state index contributed by atoms with van der Waals surface area (Å²) in [4.78, 5) is 4.75. The van der Waals surface area contributed by atoms with E-state index in [1.807, 2.05) is 18.2 Å². The Morgan fingerprint density at radius 3 is 3.05 bits per heavy atom. The summed E-state index contributed by atoms with van der Waals surface area (Å²) >= 11 is 0. The van der Waals surface area contributed by atoms with E-state index in [9.17, 15) is 0 Å². The van der Waals surface area contributed by atoms with E-state index in [1.54, 1.807) is 7.11 Å². The number of aromatic nitrogens is 1. The standard InChI is InChI=1S/C16H22N2O2/c1-3-7-16(8-4-9-17-11-16)15-18-13-10-12(19-2)5-6-14(13)20-15/h5-6,10,17H,3-4,7-9,11H2,1-2H3. The molecule has 1 fully saturated rings. The molecule has 2 heterocycles. The number of benzene rings is 1. The lowest BCUT2D eigenvalue weighted by Crippen LogP contribution is -2.43. The van der Waals surface area contributed by atoms with Gasteiger partial charge in [0.15, 0.2) is 5.58 Å². The van der Waals surface area contributed by atoms with Crippen molar-refractivity contribution in [1.29, 1.82) is 0 Å². The number of hydrogen-bond acceptors (Lipinski definition) is 4. The van der Waals surface area contributed by atoms with E-state index >= 15 is 0 Å². The molecule has 2 aromatic rings. The predicted octanol–water partition coefficient (Wildman–Crippen LogP) is 3.26. The summed E-state index contributed by atoms with van der Waals surface area (Å²) in [6, 6.07) is 5.81. The van der Waals surface area contributed by atoms with Crippen molar-refractivity contribution in [2.24, 2.45) is 0 Å². The second-order valence-corrected chi connectivity index (χ2v) is 5.66. The molecular weight excluding hydrogens is 252 g/mol. The first-order valence-corrected chi connectivity index (χ1v) is 7.43. The van der Waals surface area contributed by atoms with Crippen LogP contribution in [0.15, 0.2) is 22.6 Å². The van der Waals surface area contributed by atoms with E-state index < -0.39 is 0 Å². The second-order valence-electron chi connectivity index (χ2n) is 5.66. The number of nitrogens with one attached hydrogen (secondary N) is 1. The van der Waals surface area contributed by atoms with E-state index in [1.165, 1.54) is 6.42 Å². The first-order valence-electron chi connectivity index (χ1n) is 7.43. The summed E-state index contributed by atoms with van der Waals surface area (Å²) in [5.41, 5.74) is 1.79. The zero-order valence-electron chi connectivity index (χ0n) is 12.2. The van der Waals surface area contributed by atoms with Gasteiger partial charge in [0.05, 0.1) is 12.5 Å². The lowest BCUT2D eigenvalue weighted by Gasteiger charge is -2.34. The van der Waals surface area contributed by atoms with Crippen LogP contribution in [0.3, 0.4) is 0 Å². The molecule has 1 aromatic heterocycles. The van der Waals surface area contributed by atoms with Gasteiger partial charge < -0.3 is 14.5 Å². The van der Waals surface area contributed by atoms with Crippen LogP contribution in [-0.4, -0.2) is 25.2 Å². The quantitative estimate of drug-likeness (QED) is 0.929. The molecule has 1 atom stereocenters. The number of oxazole rings is 1. The average molecular weight is 274 g/mol. The minimum Gasteiger partial charge on any atom is -0.497 e. The van der Waals surface area contributed by atoms with Crippen molar-refractivity contribution >= 4 is 11.1 Å². The van der Waals surface area contributed by atoms with Gasteiger partial charge in [-0.25, -0.2) is 4.98 Å². The fourth-order valence-electron chi connectivity index (χ4n) is 3.21. The number of fused-ring (bicyclic) bond motifs is 1. The molecule has 1 aromatic carbocycles. The Morgan fingerprint density at radius 1 is 1.45 bits per heavy atom. The maximum atomic E-state index is 6.06. The number of methoxy groups -OCH3 is 1. The summed E-state index contributed by atoms with van der Waals surface area (Å²) in [5, 5.41) is 3.50. The minimum absolute atomic E-state index is 0.0548. The van der Waals surface area contributed by atoms with Crippen molar-refractivity contribution in [3.63, 3.8) is 0 Å². The first-order chi connectivity index (χ1) is 9.77. The molecule has 20 heavy (non-hydrogen) atoms. The Morgan fingerprint density at radius 2 is 2.35 bits per heavy atom. The summed E-state index contributed by atoms with van der Waals surface area (Å²) < 4.78 is 11.3. The van der Waals surface area contributed by atoms with Gasteiger partial charge in [0.25, 0.3) is 0 Å². The molecule has 0 radical (unpaired) electrons. The molecule has 3 rings (SSSR count). The van der Waals surface area contributed by atoms with Gasteiger partial charge in [-0.15, -0.1) is 0 Å². The van der Waals surface area contributed by atoms with E-state index in [-0.39, 0.29) is 5.41 Å². The van der Waals surface area contributed by atoms with Crippen LogP contribution >= 0.6 is 0 Å². The molecule has 1 N–H and O–H groups in total. The fraction of sp³-hybridized carbons (Fsp3) is 0.562. The highest BCUT2D eigenvalue weighted by Crippen LogP contribution is 2.37. The van der Waals surface area contributed by atoms with Gasteiger partial charge in [-0.2, -0.15) is 0 Å². The van der Waals surface area contributed by atoms with Crippen molar-refractivity contribution in [3.8, 4) is 5.75 Å². The number of rotatable bonds is 4. The molecule has 1 saturated heterocycles. The Balaban J connectivity index is 2.02.